The lowest BCUT2D eigenvalue weighted by Gasteiger charge is -2.08. The SMILES string of the molecule is O=C(COc1ccccc1[N+](=O)[O-])Nc1ccc(-c2ccc(CO)o2)cc1. The molecule has 0 saturated heterocycles. The average molecular weight is 368 g/mol. The van der Waals surface area contributed by atoms with Gasteiger partial charge < -0.3 is 19.6 Å². The van der Waals surface area contributed by atoms with Crippen molar-refractivity contribution in [3.8, 4) is 17.1 Å². The largest absolute Gasteiger partial charge is 0.477 e. The Labute approximate surface area is 154 Å². The molecule has 0 aliphatic rings. The molecule has 1 amide bonds. The minimum atomic E-state index is -0.567. The van der Waals surface area contributed by atoms with Crippen LogP contribution >= 0.6 is 0 Å². The van der Waals surface area contributed by atoms with Gasteiger partial charge in [0, 0.05) is 17.3 Å². The Hall–Kier alpha value is -3.65. The lowest BCUT2D eigenvalue weighted by molar-refractivity contribution is -0.385. The summed E-state index contributed by atoms with van der Waals surface area (Å²) in [5.74, 6) is 0.665. The molecule has 0 unspecified atom stereocenters. The van der Waals surface area contributed by atoms with Gasteiger partial charge in [-0.15, -0.1) is 0 Å². The van der Waals surface area contributed by atoms with E-state index in [0.29, 0.717) is 17.2 Å². The van der Waals surface area contributed by atoms with E-state index in [2.05, 4.69) is 5.32 Å². The summed E-state index contributed by atoms with van der Waals surface area (Å²) in [6, 6.07) is 16.2. The summed E-state index contributed by atoms with van der Waals surface area (Å²) in [6.07, 6.45) is 0. The summed E-state index contributed by atoms with van der Waals surface area (Å²) in [7, 11) is 0. The van der Waals surface area contributed by atoms with Crippen LogP contribution in [0.5, 0.6) is 5.75 Å². The predicted octanol–water partition coefficient (Wildman–Crippen LogP) is 3.36. The van der Waals surface area contributed by atoms with Crippen molar-refractivity contribution in [1.82, 2.24) is 0 Å². The fraction of sp³-hybridized carbons (Fsp3) is 0.105. The molecule has 138 valence electrons. The minimum absolute atomic E-state index is 0.0329. The van der Waals surface area contributed by atoms with Crippen LogP contribution in [0.3, 0.4) is 0 Å². The third-order valence-corrected chi connectivity index (χ3v) is 3.69. The number of nitro groups is 1. The number of furan rings is 1. The Bertz CT molecular complexity index is 949. The van der Waals surface area contributed by atoms with E-state index in [-0.39, 0.29) is 24.7 Å². The van der Waals surface area contributed by atoms with Crippen LogP contribution in [0, 0.1) is 10.1 Å². The van der Waals surface area contributed by atoms with Crippen LogP contribution in [0.25, 0.3) is 11.3 Å². The highest BCUT2D eigenvalue weighted by Crippen LogP contribution is 2.26. The number of rotatable bonds is 7. The first kappa shape index (κ1) is 18.2. The van der Waals surface area contributed by atoms with Crippen molar-refractivity contribution in [2.24, 2.45) is 0 Å². The van der Waals surface area contributed by atoms with Crippen LogP contribution in [-0.2, 0) is 11.4 Å². The molecule has 0 spiro atoms. The zero-order valence-corrected chi connectivity index (χ0v) is 14.1. The zero-order chi connectivity index (χ0) is 19.2. The number of benzene rings is 2. The van der Waals surface area contributed by atoms with E-state index < -0.39 is 10.8 Å². The summed E-state index contributed by atoms with van der Waals surface area (Å²) in [5.41, 5.74) is 1.14. The monoisotopic (exact) mass is 368 g/mol. The van der Waals surface area contributed by atoms with Gasteiger partial charge in [-0.3, -0.25) is 14.9 Å². The van der Waals surface area contributed by atoms with Crippen molar-refractivity contribution in [1.29, 1.82) is 0 Å². The molecule has 0 aliphatic carbocycles. The number of nitro benzene ring substituents is 1. The minimum Gasteiger partial charge on any atom is -0.477 e. The van der Waals surface area contributed by atoms with Crippen molar-refractivity contribution < 1.29 is 24.0 Å². The second-order valence-electron chi connectivity index (χ2n) is 5.56. The summed E-state index contributed by atoms with van der Waals surface area (Å²) >= 11 is 0. The summed E-state index contributed by atoms with van der Waals surface area (Å²) < 4.78 is 10.7. The van der Waals surface area contributed by atoms with Gasteiger partial charge in [-0.05, 0) is 42.5 Å². The highest BCUT2D eigenvalue weighted by molar-refractivity contribution is 5.92. The van der Waals surface area contributed by atoms with Crippen LogP contribution in [-0.4, -0.2) is 22.5 Å². The maximum Gasteiger partial charge on any atom is 0.310 e. The van der Waals surface area contributed by atoms with Crippen molar-refractivity contribution >= 4 is 17.3 Å². The second-order valence-corrected chi connectivity index (χ2v) is 5.56. The molecule has 27 heavy (non-hydrogen) atoms. The fourth-order valence-corrected chi connectivity index (χ4v) is 2.41. The Morgan fingerprint density at radius 2 is 1.85 bits per heavy atom. The smallest absolute Gasteiger partial charge is 0.310 e. The van der Waals surface area contributed by atoms with Crippen LogP contribution in [0.4, 0.5) is 11.4 Å². The van der Waals surface area contributed by atoms with Gasteiger partial charge in [0.05, 0.1) is 4.92 Å². The summed E-state index contributed by atoms with van der Waals surface area (Å²) in [6.45, 7) is -0.529. The lowest BCUT2D eigenvalue weighted by atomic mass is 10.1. The lowest BCUT2D eigenvalue weighted by Crippen LogP contribution is -2.20. The number of nitrogens with one attached hydrogen (secondary N) is 1. The number of hydrogen-bond donors (Lipinski definition) is 2. The molecule has 2 aromatic carbocycles. The van der Waals surface area contributed by atoms with Crippen LogP contribution in [0.2, 0.25) is 0 Å². The number of nitrogens with zero attached hydrogens (tertiary/aromatic N) is 1. The van der Waals surface area contributed by atoms with Gasteiger partial charge in [0.15, 0.2) is 12.4 Å². The quantitative estimate of drug-likeness (QED) is 0.488. The van der Waals surface area contributed by atoms with Gasteiger partial charge >= 0.3 is 5.69 Å². The van der Waals surface area contributed by atoms with E-state index in [1.807, 2.05) is 0 Å². The number of amides is 1. The maximum absolute atomic E-state index is 12.0. The van der Waals surface area contributed by atoms with E-state index in [1.165, 1.54) is 18.2 Å². The number of carbonyl (C=O) groups excluding carboxylic acids is 1. The molecule has 0 atom stereocenters. The highest BCUT2D eigenvalue weighted by atomic mass is 16.6. The first-order valence-corrected chi connectivity index (χ1v) is 8.03. The maximum atomic E-state index is 12.0. The van der Waals surface area contributed by atoms with E-state index in [9.17, 15) is 14.9 Å². The zero-order valence-electron chi connectivity index (χ0n) is 14.1. The molecule has 0 saturated carbocycles. The molecule has 3 rings (SSSR count). The van der Waals surface area contributed by atoms with Crippen molar-refractivity contribution in [3.63, 3.8) is 0 Å². The molecule has 0 radical (unpaired) electrons. The Morgan fingerprint density at radius 1 is 1.11 bits per heavy atom. The second kappa shape index (κ2) is 8.15. The van der Waals surface area contributed by atoms with Gasteiger partial charge in [0.1, 0.15) is 18.1 Å². The number of para-hydroxylation sites is 2. The number of carbonyl (C=O) groups is 1. The Kier molecular flexibility index (Phi) is 5.48. The number of hydrogen-bond acceptors (Lipinski definition) is 6. The standard InChI is InChI=1S/C19H16N2O6/c22-11-15-9-10-17(27-15)13-5-7-14(8-6-13)20-19(23)12-26-18-4-2-1-3-16(18)21(24)25/h1-10,22H,11-12H2,(H,20,23). The van der Waals surface area contributed by atoms with Crippen molar-refractivity contribution in [3.05, 3.63) is 76.5 Å². The molecule has 1 aromatic heterocycles. The topological polar surface area (TPSA) is 115 Å². The van der Waals surface area contributed by atoms with Crippen molar-refractivity contribution in [2.75, 3.05) is 11.9 Å². The van der Waals surface area contributed by atoms with Crippen LogP contribution in [0.1, 0.15) is 5.76 Å². The molecule has 1 heterocycles. The Morgan fingerprint density at radius 3 is 2.52 bits per heavy atom. The average Bonchev–Trinajstić information content (AvgIpc) is 3.16. The third-order valence-electron chi connectivity index (χ3n) is 3.69. The van der Waals surface area contributed by atoms with E-state index in [4.69, 9.17) is 14.3 Å². The number of aliphatic hydroxyl groups excluding tert-OH is 1. The molecular weight excluding hydrogens is 352 g/mol. The number of ether oxygens (including phenoxy) is 1. The molecule has 8 nitrogen and oxygen atoms in total. The van der Waals surface area contributed by atoms with E-state index in [0.717, 1.165) is 5.56 Å². The van der Waals surface area contributed by atoms with Gasteiger partial charge in [0.25, 0.3) is 5.91 Å². The first-order chi connectivity index (χ1) is 13.1. The first-order valence-electron chi connectivity index (χ1n) is 8.03. The van der Waals surface area contributed by atoms with Crippen LogP contribution < -0.4 is 10.1 Å². The summed E-state index contributed by atoms with van der Waals surface area (Å²) in [5, 5.41) is 22.6. The van der Waals surface area contributed by atoms with Crippen molar-refractivity contribution in [2.45, 2.75) is 6.61 Å². The van der Waals surface area contributed by atoms with Gasteiger partial charge in [-0.1, -0.05) is 12.1 Å². The number of aliphatic hydroxyl groups is 1. The van der Waals surface area contributed by atoms with E-state index in [1.54, 1.807) is 42.5 Å². The molecule has 3 aromatic rings. The fourth-order valence-electron chi connectivity index (χ4n) is 2.41. The molecule has 0 fully saturated rings. The summed E-state index contributed by atoms with van der Waals surface area (Å²) in [4.78, 5) is 22.4. The van der Waals surface area contributed by atoms with E-state index >= 15 is 0 Å². The molecular formula is C19H16N2O6. The van der Waals surface area contributed by atoms with Gasteiger partial charge in [-0.25, -0.2) is 0 Å². The molecule has 2 N–H and O–H groups in total. The molecule has 0 bridgehead atoms. The Balaban J connectivity index is 1.59. The molecule has 8 heteroatoms. The normalized spacial score (nSPS) is 10.4. The number of anilines is 1. The van der Waals surface area contributed by atoms with Gasteiger partial charge in [-0.2, -0.15) is 0 Å². The third kappa shape index (κ3) is 4.50. The van der Waals surface area contributed by atoms with Gasteiger partial charge in [0.2, 0.25) is 0 Å². The van der Waals surface area contributed by atoms with Crippen LogP contribution in [0.15, 0.2) is 65.1 Å². The predicted molar refractivity (Wildman–Crippen MR) is 97.3 cm³/mol. The highest BCUT2D eigenvalue weighted by Gasteiger charge is 2.15. The molecule has 0 aliphatic heterocycles.